The van der Waals surface area contributed by atoms with Crippen molar-refractivity contribution in [3.05, 3.63) is 23.3 Å². The summed E-state index contributed by atoms with van der Waals surface area (Å²) in [6.45, 7) is 5.86. The van der Waals surface area contributed by atoms with Crippen LogP contribution in [0.15, 0.2) is 23.3 Å². The van der Waals surface area contributed by atoms with Gasteiger partial charge in [-0.2, -0.15) is 0 Å². The molecule has 5 fully saturated rings. The van der Waals surface area contributed by atoms with Crippen LogP contribution in [0, 0.1) is 28.6 Å². The minimum Gasteiger partial charge on any atom is -0.458 e. The topological polar surface area (TPSA) is 205 Å². The summed E-state index contributed by atoms with van der Waals surface area (Å²) >= 11 is 0. The molecule has 3 saturated carbocycles. The highest BCUT2D eigenvalue weighted by Crippen LogP contribution is 2.69. The average Bonchev–Trinajstić information content (AvgIpc) is 3.61. The number of hydrogen-bond donors (Lipinski definition) is 7. The molecule has 0 unspecified atom stereocenters. The van der Waals surface area contributed by atoms with E-state index in [0.29, 0.717) is 18.9 Å². The number of fused-ring (bicyclic) bond motifs is 5. The molecule has 3 aliphatic heterocycles. The molecule has 7 rings (SSSR count). The van der Waals surface area contributed by atoms with E-state index in [2.05, 4.69) is 19.9 Å². The van der Waals surface area contributed by atoms with Gasteiger partial charge in [0.25, 0.3) is 0 Å². The van der Waals surface area contributed by atoms with E-state index < -0.39 is 73.6 Å². The minimum absolute atomic E-state index is 0.104. The number of ether oxygens (including phenoxy) is 5. The van der Waals surface area contributed by atoms with Crippen molar-refractivity contribution in [1.82, 2.24) is 0 Å². The first-order valence-corrected chi connectivity index (χ1v) is 17.7. The zero-order valence-corrected chi connectivity index (χ0v) is 27.9. The third kappa shape index (κ3) is 5.35. The minimum atomic E-state index is -1.66. The molecule has 0 spiro atoms. The Labute approximate surface area is 280 Å². The van der Waals surface area contributed by atoms with E-state index in [0.717, 1.165) is 50.5 Å². The summed E-state index contributed by atoms with van der Waals surface area (Å²) in [5.74, 6) is 0.322. The first-order valence-electron chi connectivity index (χ1n) is 17.7. The lowest BCUT2D eigenvalue weighted by Crippen LogP contribution is -2.64. The predicted octanol–water partition coefficient (Wildman–Crippen LogP) is 0.200. The molecule has 270 valence electrons. The van der Waals surface area contributed by atoms with E-state index in [1.54, 1.807) is 13.0 Å². The summed E-state index contributed by atoms with van der Waals surface area (Å²) in [4.78, 5) is 11.9. The molecular formula is C35H52O13. The molecule has 7 N–H and O–H groups in total. The number of carbonyl (C=O) groups is 1. The SMILES string of the molecule is C[C@H]1O[C@@H](O[C@@H]2C=C3CC[C@@H]4[C@H](CC[C@]5(C)[C@@H](C6=CC(=O)OC6)CC[C@]45O)[C@@]3(C)CC2)[C@H](O)[C@H](O)[C@@H]1O[C@@H]1O[C@H](CO)[C@@H](O)[C@H](O)[C@H]1O. The van der Waals surface area contributed by atoms with Gasteiger partial charge in [-0.15, -0.1) is 0 Å². The van der Waals surface area contributed by atoms with Crippen molar-refractivity contribution in [1.29, 1.82) is 0 Å². The fourth-order valence-electron chi connectivity index (χ4n) is 10.8. The summed E-state index contributed by atoms with van der Waals surface area (Å²) in [6, 6.07) is 0. The van der Waals surface area contributed by atoms with Crippen LogP contribution in [0.25, 0.3) is 0 Å². The zero-order valence-electron chi connectivity index (χ0n) is 27.9. The van der Waals surface area contributed by atoms with Crippen LogP contribution in [0.1, 0.15) is 72.1 Å². The van der Waals surface area contributed by atoms with E-state index in [1.807, 2.05) is 0 Å². The lowest BCUT2D eigenvalue weighted by molar-refractivity contribution is -0.357. The number of allylic oxidation sites excluding steroid dienone is 1. The van der Waals surface area contributed by atoms with E-state index in [-0.39, 0.29) is 34.7 Å². The van der Waals surface area contributed by atoms with Crippen molar-refractivity contribution in [2.45, 2.75) is 145 Å². The van der Waals surface area contributed by atoms with Crippen LogP contribution >= 0.6 is 0 Å². The molecule has 2 saturated heterocycles. The molecule has 17 atom stereocenters. The van der Waals surface area contributed by atoms with Crippen LogP contribution in [0.3, 0.4) is 0 Å². The third-order valence-corrected chi connectivity index (χ3v) is 13.6. The highest BCUT2D eigenvalue weighted by molar-refractivity contribution is 5.85. The molecule has 3 heterocycles. The normalized spacial score (nSPS) is 53.7. The van der Waals surface area contributed by atoms with Gasteiger partial charge in [-0.05, 0) is 87.0 Å². The second-order valence-corrected chi connectivity index (χ2v) is 15.9. The maximum atomic E-state index is 12.5. The van der Waals surface area contributed by atoms with Gasteiger partial charge < -0.3 is 59.4 Å². The number of aliphatic hydroxyl groups excluding tert-OH is 6. The summed E-state index contributed by atoms with van der Waals surface area (Å²) < 4.78 is 28.7. The van der Waals surface area contributed by atoms with Gasteiger partial charge in [0.2, 0.25) is 0 Å². The zero-order chi connectivity index (χ0) is 34.3. The fraction of sp³-hybridized carbons (Fsp3) is 0.857. The van der Waals surface area contributed by atoms with Gasteiger partial charge in [-0.25, -0.2) is 4.79 Å². The summed E-state index contributed by atoms with van der Waals surface area (Å²) in [7, 11) is 0. The van der Waals surface area contributed by atoms with Crippen molar-refractivity contribution < 1.29 is 64.2 Å². The Morgan fingerprint density at radius 1 is 0.854 bits per heavy atom. The summed E-state index contributed by atoms with van der Waals surface area (Å²) in [5, 5.41) is 74.6. The van der Waals surface area contributed by atoms with Crippen molar-refractivity contribution in [3.63, 3.8) is 0 Å². The largest absolute Gasteiger partial charge is 0.458 e. The fourth-order valence-corrected chi connectivity index (χ4v) is 10.8. The van der Waals surface area contributed by atoms with E-state index in [9.17, 15) is 40.5 Å². The highest BCUT2D eigenvalue weighted by Gasteiger charge is 2.67. The molecule has 13 heteroatoms. The van der Waals surface area contributed by atoms with Crippen LogP contribution in [0.2, 0.25) is 0 Å². The number of aliphatic hydroxyl groups is 7. The molecule has 48 heavy (non-hydrogen) atoms. The molecule has 0 aromatic heterocycles. The van der Waals surface area contributed by atoms with Gasteiger partial charge in [0.1, 0.15) is 49.3 Å². The monoisotopic (exact) mass is 680 g/mol. The number of carbonyl (C=O) groups excluding carboxylic acids is 1. The second kappa shape index (κ2) is 12.6. The van der Waals surface area contributed by atoms with Gasteiger partial charge in [0.05, 0.1) is 24.4 Å². The number of hydrogen-bond acceptors (Lipinski definition) is 13. The Morgan fingerprint density at radius 2 is 1.58 bits per heavy atom. The standard InChI is InChI=1S/C35H52O13/c1-16-30(48-32-28(41)26(39)25(38)23(14-36)47-32)27(40)29(42)31(45-16)46-19-6-9-33(2)18(13-19)4-5-22-21(33)7-10-34(3)20(8-11-35(22,34)43)17-12-24(37)44-15-17/h12-13,16,19-23,25-32,36,38-43H,4-11,14-15H2,1-3H3/t16-,19+,20-,21+,22-,23-,25-,26+,27+,28-,29-,30-,31+,32+,33+,34-,35+/m1/s1. The first kappa shape index (κ1) is 34.9. The Bertz CT molecular complexity index is 1300. The molecule has 7 aliphatic rings. The molecule has 13 nitrogen and oxygen atoms in total. The van der Waals surface area contributed by atoms with Crippen molar-refractivity contribution >= 4 is 5.97 Å². The third-order valence-electron chi connectivity index (χ3n) is 13.6. The summed E-state index contributed by atoms with van der Waals surface area (Å²) in [5.41, 5.74) is 1.10. The average molecular weight is 681 g/mol. The van der Waals surface area contributed by atoms with Crippen molar-refractivity contribution in [3.8, 4) is 0 Å². The first-order chi connectivity index (χ1) is 22.7. The molecule has 0 radical (unpaired) electrons. The quantitative estimate of drug-likeness (QED) is 0.148. The van der Waals surface area contributed by atoms with Crippen LogP contribution in [-0.4, -0.2) is 128 Å². The van der Waals surface area contributed by atoms with Crippen molar-refractivity contribution in [2.24, 2.45) is 28.6 Å². The van der Waals surface area contributed by atoms with Gasteiger partial charge >= 0.3 is 5.97 Å². The lowest BCUT2D eigenvalue weighted by Gasteiger charge is -2.62. The van der Waals surface area contributed by atoms with Gasteiger partial charge in [0.15, 0.2) is 12.6 Å². The molecule has 4 aliphatic carbocycles. The Balaban J connectivity index is 1.01. The van der Waals surface area contributed by atoms with Crippen LogP contribution in [0.4, 0.5) is 0 Å². The van der Waals surface area contributed by atoms with E-state index >= 15 is 0 Å². The maximum Gasteiger partial charge on any atom is 0.331 e. The van der Waals surface area contributed by atoms with Crippen LogP contribution in [-0.2, 0) is 28.5 Å². The number of cyclic esters (lactones) is 1. The van der Waals surface area contributed by atoms with Crippen LogP contribution in [0.5, 0.6) is 0 Å². The Morgan fingerprint density at radius 3 is 2.29 bits per heavy atom. The molecule has 0 aromatic carbocycles. The highest BCUT2D eigenvalue weighted by atomic mass is 16.7. The maximum absolute atomic E-state index is 12.5. The Hall–Kier alpha value is -1.49. The number of rotatable bonds is 6. The molecular weight excluding hydrogens is 628 g/mol. The van der Waals surface area contributed by atoms with Gasteiger partial charge in [-0.3, -0.25) is 0 Å². The smallest absolute Gasteiger partial charge is 0.331 e. The van der Waals surface area contributed by atoms with Gasteiger partial charge in [0, 0.05) is 11.5 Å². The lowest BCUT2D eigenvalue weighted by atomic mass is 9.45. The second-order valence-electron chi connectivity index (χ2n) is 15.9. The van der Waals surface area contributed by atoms with E-state index in [4.69, 9.17) is 23.7 Å². The van der Waals surface area contributed by atoms with Crippen molar-refractivity contribution in [2.75, 3.05) is 13.2 Å². The van der Waals surface area contributed by atoms with E-state index in [1.165, 1.54) is 5.57 Å². The molecule has 0 aromatic rings. The Kier molecular flexibility index (Phi) is 9.19. The summed E-state index contributed by atoms with van der Waals surface area (Å²) in [6.07, 6.45) is -3.55. The van der Waals surface area contributed by atoms with Crippen LogP contribution < -0.4 is 0 Å². The van der Waals surface area contributed by atoms with Gasteiger partial charge in [-0.1, -0.05) is 25.5 Å². The molecule has 0 bridgehead atoms. The molecule has 0 amide bonds. The predicted molar refractivity (Wildman–Crippen MR) is 166 cm³/mol. The number of esters is 1.